The number of primary amides is 1. The van der Waals surface area contributed by atoms with Crippen LogP contribution in [-0.4, -0.2) is 29.8 Å². The zero-order valence-corrected chi connectivity index (χ0v) is 13.4. The van der Waals surface area contributed by atoms with Gasteiger partial charge in [-0.2, -0.15) is 0 Å². The number of rotatable bonds is 3. The lowest BCUT2D eigenvalue weighted by molar-refractivity contribution is -0.121. The largest absolute Gasteiger partial charge is 0.369 e. The lowest BCUT2D eigenvalue weighted by atomic mass is 10.1. The molecule has 114 valence electrons. The molecular weight excluding hydrogens is 320 g/mol. The highest BCUT2D eigenvalue weighted by Gasteiger charge is 2.30. The van der Waals surface area contributed by atoms with Gasteiger partial charge in [0.1, 0.15) is 0 Å². The van der Waals surface area contributed by atoms with Crippen LogP contribution in [0.15, 0.2) is 36.4 Å². The zero-order chi connectivity index (χ0) is 15.7. The summed E-state index contributed by atoms with van der Waals surface area (Å²) in [6, 6.07) is 11.3. The molecule has 2 aromatic rings. The molecule has 2 N–H and O–H groups in total. The number of likely N-dealkylation sites (tertiary alicyclic amines) is 1. The molecule has 1 aromatic heterocycles. The van der Waals surface area contributed by atoms with Gasteiger partial charge >= 0.3 is 0 Å². The summed E-state index contributed by atoms with van der Waals surface area (Å²) in [6.45, 7) is 0.995. The number of nitrogens with two attached hydrogens (primary N) is 1. The first-order valence-electron chi connectivity index (χ1n) is 6.99. The van der Waals surface area contributed by atoms with Crippen LogP contribution >= 0.6 is 22.9 Å². The fourth-order valence-corrected chi connectivity index (χ4v) is 3.74. The Morgan fingerprint density at radius 2 is 2.09 bits per heavy atom. The average Bonchev–Trinajstić information content (AvgIpc) is 3.16. The van der Waals surface area contributed by atoms with Gasteiger partial charge in [-0.1, -0.05) is 23.7 Å². The summed E-state index contributed by atoms with van der Waals surface area (Å²) in [5.41, 5.74) is 6.30. The smallest absolute Gasteiger partial charge is 0.263 e. The number of nitrogens with zero attached hydrogens (tertiary/aromatic N) is 1. The van der Waals surface area contributed by atoms with Crippen molar-refractivity contribution in [1.82, 2.24) is 4.90 Å². The van der Waals surface area contributed by atoms with Gasteiger partial charge in [-0.05, 0) is 36.2 Å². The van der Waals surface area contributed by atoms with Crippen LogP contribution in [0.4, 0.5) is 0 Å². The standard InChI is InChI=1S/C16H15ClN2O2S/c17-12-3-1-2-10(8-12)13-4-5-14(22-13)16(21)19-7-6-11(9-19)15(18)20/h1-5,8,11H,6-7,9H2,(H2,18,20). The maximum Gasteiger partial charge on any atom is 0.263 e. The van der Waals surface area contributed by atoms with E-state index in [1.54, 1.807) is 4.90 Å². The SMILES string of the molecule is NC(=O)C1CCN(C(=O)c2ccc(-c3cccc(Cl)c3)s2)C1. The predicted molar refractivity (Wildman–Crippen MR) is 88.0 cm³/mol. The van der Waals surface area contributed by atoms with Crippen LogP contribution in [-0.2, 0) is 4.79 Å². The maximum absolute atomic E-state index is 12.5. The van der Waals surface area contributed by atoms with Crippen molar-refractivity contribution in [3.63, 3.8) is 0 Å². The Labute approximate surface area is 137 Å². The van der Waals surface area contributed by atoms with Crippen LogP contribution < -0.4 is 5.73 Å². The Balaban J connectivity index is 1.77. The van der Waals surface area contributed by atoms with Crippen molar-refractivity contribution in [2.45, 2.75) is 6.42 Å². The third-order valence-electron chi connectivity index (χ3n) is 3.80. The van der Waals surface area contributed by atoms with Gasteiger partial charge in [0.15, 0.2) is 0 Å². The molecule has 0 spiro atoms. The molecule has 1 fully saturated rings. The summed E-state index contributed by atoms with van der Waals surface area (Å²) in [4.78, 5) is 27.0. The van der Waals surface area contributed by atoms with Crippen molar-refractivity contribution in [3.8, 4) is 10.4 Å². The number of thiophene rings is 1. The first kappa shape index (κ1) is 15.1. The summed E-state index contributed by atoms with van der Waals surface area (Å²) >= 11 is 7.43. The van der Waals surface area contributed by atoms with Crippen LogP contribution in [0, 0.1) is 5.92 Å². The Morgan fingerprint density at radius 3 is 2.77 bits per heavy atom. The lowest BCUT2D eigenvalue weighted by Crippen LogP contribution is -2.31. The first-order chi connectivity index (χ1) is 10.5. The summed E-state index contributed by atoms with van der Waals surface area (Å²) in [7, 11) is 0. The fourth-order valence-electron chi connectivity index (χ4n) is 2.58. The van der Waals surface area contributed by atoms with Crippen LogP contribution in [0.3, 0.4) is 0 Å². The van der Waals surface area contributed by atoms with Gasteiger partial charge in [0.2, 0.25) is 5.91 Å². The van der Waals surface area contributed by atoms with Gasteiger partial charge in [0.25, 0.3) is 5.91 Å². The molecule has 0 saturated carbocycles. The average molecular weight is 335 g/mol. The van der Waals surface area contributed by atoms with Crippen molar-refractivity contribution in [3.05, 3.63) is 46.3 Å². The molecule has 3 rings (SSSR count). The summed E-state index contributed by atoms with van der Waals surface area (Å²) in [5.74, 6) is -0.598. The minimum Gasteiger partial charge on any atom is -0.369 e. The van der Waals surface area contributed by atoms with E-state index in [0.717, 1.165) is 10.4 Å². The number of hydrogen-bond donors (Lipinski definition) is 1. The van der Waals surface area contributed by atoms with E-state index in [9.17, 15) is 9.59 Å². The monoisotopic (exact) mass is 334 g/mol. The Kier molecular flexibility index (Phi) is 4.18. The highest BCUT2D eigenvalue weighted by atomic mass is 35.5. The van der Waals surface area contributed by atoms with Gasteiger partial charge in [-0.15, -0.1) is 11.3 Å². The van der Waals surface area contributed by atoms with Crippen LogP contribution in [0.2, 0.25) is 5.02 Å². The summed E-state index contributed by atoms with van der Waals surface area (Å²) < 4.78 is 0. The van der Waals surface area contributed by atoms with E-state index >= 15 is 0 Å². The highest BCUT2D eigenvalue weighted by molar-refractivity contribution is 7.17. The lowest BCUT2D eigenvalue weighted by Gasteiger charge is -2.14. The molecule has 0 radical (unpaired) electrons. The Morgan fingerprint density at radius 1 is 1.27 bits per heavy atom. The van der Waals surface area contributed by atoms with E-state index in [2.05, 4.69) is 0 Å². The molecule has 2 heterocycles. The minimum atomic E-state index is -0.332. The van der Waals surface area contributed by atoms with Gasteiger partial charge < -0.3 is 10.6 Å². The van der Waals surface area contributed by atoms with E-state index in [-0.39, 0.29) is 17.7 Å². The molecule has 1 unspecified atom stereocenters. The van der Waals surface area contributed by atoms with E-state index in [4.69, 9.17) is 17.3 Å². The maximum atomic E-state index is 12.5. The van der Waals surface area contributed by atoms with Crippen LogP contribution in [0.5, 0.6) is 0 Å². The van der Waals surface area contributed by atoms with Gasteiger partial charge in [0, 0.05) is 23.0 Å². The number of hydrogen-bond acceptors (Lipinski definition) is 3. The molecule has 1 aliphatic heterocycles. The van der Waals surface area contributed by atoms with Crippen molar-refractivity contribution in [1.29, 1.82) is 0 Å². The molecule has 6 heteroatoms. The molecule has 4 nitrogen and oxygen atoms in total. The van der Waals surface area contributed by atoms with E-state index in [1.807, 2.05) is 36.4 Å². The summed E-state index contributed by atoms with van der Waals surface area (Å²) in [5, 5.41) is 0.669. The second kappa shape index (κ2) is 6.10. The van der Waals surface area contributed by atoms with Crippen molar-refractivity contribution in [2.24, 2.45) is 11.7 Å². The van der Waals surface area contributed by atoms with Crippen molar-refractivity contribution >= 4 is 34.8 Å². The molecule has 0 bridgehead atoms. The van der Waals surface area contributed by atoms with Gasteiger partial charge in [0.05, 0.1) is 10.8 Å². The normalized spacial score (nSPS) is 17.7. The molecule has 1 saturated heterocycles. The van der Waals surface area contributed by atoms with Crippen LogP contribution in [0.25, 0.3) is 10.4 Å². The Hall–Kier alpha value is -1.85. The summed E-state index contributed by atoms with van der Waals surface area (Å²) in [6.07, 6.45) is 0.646. The number of amides is 2. The molecule has 0 aliphatic carbocycles. The Bertz CT molecular complexity index is 728. The highest BCUT2D eigenvalue weighted by Crippen LogP contribution is 2.31. The molecule has 22 heavy (non-hydrogen) atoms. The number of carbonyl (C=O) groups excluding carboxylic acids is 2. The number of halogens is 1. The molecule has 1 aliphatic rings. The van der Waals surface area contributed by atoms with E-state index < -0.39 is 0 Å². The van der Waals surface area contributed by atoms with E-state index in [1.165, 1.54) is 11.3 Å². The third-order valence-corrected chi connectivity index (χ3v) is 5.16. The minimum absolute atomic E-state index is 0.0398. The topological polar surface area (TPSA) is 63.4 Å². The molecular formula is C16H15ClN2O2S. The van der Waals surface area contributed by atoms with E-state index in [0.29, 0.717) is 29.4 Å². The van der Waals surface area contributed by atoms with Gasteiger partial charge in [-0.25, -0.2) is 0 Å². The predicted octanol–water partition coefficient (Wildman–Crippen LogP) is 3.02. The van der Waals surface area contributed by atoms with Gasteiger partial charge in [-0.3, -0.25) is 9.59 Å². The second-order valence-electron chi connectivity index (χ2n) is 5.31. The fraction of sp³-hybridized carbons (Fsp3) is 0.250. The van der Waals surface area contributed by atoms with Crippen molar-refractivity contribution in [2.75, 3.05) is 13.1 Å². The van der Waals surface area contributed by atoms with Crippen molar-refractivity contribution < 1.29 is 9.59 Å². The first-order valence-corrected chi connectivity index (χ1v) is 8.18. The quantitative estimate of drug-likeness (QED) is 0.937. The molecule has 1 atom stereocenters. The second-order valence-corrected chi connectivity index (χ2v) is 6.83. The number of carbonyl (C=O) groups is 2. The van der Waals surface area contributed by atoms with Crippen LogP contribution in [0.1, 0.15) is 16.1 Å². The zero-order valence-electron chi connectivity index (χ0n) is 11.8. The molecule has 2 amide bonds. The number of benzene rings is 1. The third kappa shape index (κ3) is 3.00. The molecule has 1 aromatic carbocycles.